The van der Waals surface area contributed by atoms with Crippen molar-refractivity contribution in [3.8, 4) is 5.75 Å². The van der Waals surface area contributed by atoms with Gasteiger partial charge >= 0.3 is 0 Å². The van der Waals surface area contributed by atoms with Gasteiger partial charge in [0, 0.05) is 17.2 Å². The SMILES string of the molecule is COc1ccc(N)c(NC(=O)c2cccc(C(N)=O)c2)c1. The maximum absolute atomic E-state index is 12.2. The molecule has 0 saturated heterocycles. The van der Waals surface area contributed by atoms with E-state index in [4.69, 9.17) is 16.2 Å². The fourth-order valence-corrected chi connectivity index (χ4v) is 1.78. The molecule has 0 bridgehead atoms. The number of carbonyl (C=O) groups excluding carboxylic acids is 2. The molecule has 0 atom stereocenters. The van der Waals surface area contributed by atoms with Crippen LogP contribution in [0.4, 0.5) is 11.4 Å². The summed E-state index contributed by atoms with van der Waals surface area (Å²) in [4.78, 5) is 23.3. The number of hydrogen-bond donors (Lipinski definition) is 3. The summed E-state index contributed by atoms with van der Waals surface area (Å²) in [6, 6.07) is 11.1. The molecule has 0 heterocycles. The second-order valence-corrected chi connectivity index (χ2v) is 4.35. The monoisotopic (exact) mass is 285 g/mol. The van der Waals surface area contributed by atoms with Gasteiger partial charge in [-0.2, -0.15) is 0 Å². The molecule has 2 aromatic rings. The van der Waals surface area contributed by atoms with Gasteiger partial charge in [-0.05, 0) is 30.3 Å². The second kappa shape index (κ2) is 5.96. The molecule has 0 aromatic heterocycles. The molecule has 2 rings (SSSR count). The van der Waals surface area contributed by atoms with E-state index in [-0.39, 0.29) is 5.56 Å². The summed E-state index contributed by atoms with van der Waals surface area (Å²) in [6.07, 6.45) is 0. The Kier molecular flexibility index (Phi) is 4.08. The molecule has 21 heavy (non-hydrogen) atoms. The standard InChI is InChI=1S/C15H15N3O3/c1-21-11-5-6-12(16)13(8-11)18-15(20)10-4-2-3-9(7-10)14(17)19/h2-8H,16H2,1H3,(H2,17,19)(H,18,20). The van der Waals surface area contributed by atoms with E-state index in [1.165, 1.54) is 13.2 Å². The van der Waals surface area contributed by atoms with Gasteiger partial charge in [-0.3, -0.25) is 9.59 Å². The molecule has 0 aliphatic rings. The van der Waals surface area contributed by atoms with E-state index in [9.17, 15) is 9.59 Å². The van der Waals surface area contributed by atoms with E-state index in [1.54, 1.807) is 36.4 Å². The van der Waals surface area contributed by atoms with Crippen molar-refractivity contribution in [2.24, 2.45) is 5.73 Å². The minimum atomic E-state index is -0.592. The average molecular weight is 285 g/mol. The van der Waals surface area contributed by atoms with Crippen LogP contribution in [-0.4, -0.2) is 18.9 Å². The highest BCUT2D eigenvalue weighted by Crippen LogP contribution is 2.24. The van der Waals surface area contributed by atoms with Crippen molar-refractivity contribution in [3.63, 3.8) is 0 Å². The molecule has 0 aliphatic heterocycles. The zero-order valence-corrected chi connectivity index (χ0v) is 11.4. The number of benzene rings is 2. The van der Waals surface area contributed by atoms with Gasteiger partial charge in [-0.15, -0.1) is 0 Å². The molecule has 0 spiro atoms. The number of hydrogen-bond acceptors (Lipinski definition) is 4. The molecule has 0 saturated carbocycles. The molecule has 2 amide bonds. The Balaban J connectivity index is 2.25. The normalized spacial score (nSPS) is 9.95. The number of primary amides is 1. The molecule has 2 aromatic carbocycles. The van der Waals surface area contributed by atoms with Crippen LogP contribution in [0.2, 0.25) is 0 Å². The lowest BCUT2D eigenvalue weighted by atomic mass is 10.1. The summed E-state index contributed by atoms with van der Waals surface area (Å²) in [6.45, 7) is 0. The third-order valence-corrected chi connectivity index (χ3v) is 2.92. The fourth-order valence-electron chi connectivity index (χ4n) is 1.78. The Labute approximate surface area is 121 Å². The molecule has 6 nitrogen and oxygen atoms in total. The number of methoxy groups -OCH3 is 1. The van der Waals surface area contributed by atoms with Gasteiger partial charge < -0.3 is 21.5 Å². The average Bonchev–Trinajstić information content (AvgIpc) is 2.49. The summed E-state index contributed by atoms with van der Waals surface area (Å²) in [5.41, 5.74) is 12.4. The van der Waals surface area contributed by atoms with Crippen molar-refractivity contribution in [1.82, 2.24) is 0 Å². The lowest BCUT2D eigenvalue weighted by Gasteiger charge is -2.10. The van der Waals surface area contributed by atoms with Crippen molar-refractivity contribution in [2.45, 2.75) is 0 Å². The van der Waals surface area contributed by atoms with E-state index in [0.29, 0.717) is 22.7 Å². The Morgan fingerprint density at radius 3 is 2.48 bits per heavy atom. The molecule has 108 valence electrons. The van der Waals surface area contributed by atoms with Crippen LogP contribution in [0.5, 0.6) is 5.75 Å². The predicted molar refractivity (Wildman–Crippen MR) is 80.3 cm³/mol. The lowest BCUT2D eigenvalue weighted by molar-refractivity contribution is 0.1000. The van der Waals surface area contributed by atoms with Crippen LogP contribution >= 0.6 is 0 Å². The number of nitrogens with two attached hydrogens (primary N) is 2. The van der Waals surface area contributed by atoms with Crippen LogP contribution in [0.15, 0.2) is 42.5 Å². The topological polar surface area (TPSA) is 107 Å². The number of carbonyl (C=O) groups is 2. The van der Waals surface area contributed by atoms with Crippen LogP contribution in [0.3, 0.4) is 0 Å². The number of nitrogen functional groups attached to an aromatic ring is 1. The molecular weight excluding hydrogens is 270 g/mol. The van der Waals surface area contributed by atoms with Gasteiger partial charge in [-0.25, -0.2) is 0 Å². The molecule has 5 N–H and O–H groups in total. The van der Waals surface area contributed by atoms with Crippen molar-refractivity contribution in [1.29, 1.82) is 0 Å². The highest BCUT2D eigenvalue weighted by atomic mass is 16.5. The lowest BCUT2D eigenvalue weighted by Crippen LogP contribution is -2.16. The third kappa shape index (κ3) is 3.30. The number of rotatable bonds is 4. The molecule has 6 heteroatoms. The first-order valence-corrected chi connectivity index (χ1v) is 6.16. The van der Waals surface area contributed by atoms with Crippen molar-refractivity contribution < 1.29 is 14.3 Å². The molecule has 0 unspecified atom stereocenters. The first-order chi connectivity index (χ1) is 10.0. The molecule has 0 radical (unpaired) electrons. The first kappa shape index (κ1) is 14.4. The number of ether oxygens (including phenoxy) is 1. The summed E-state index contributed by atoms with van der Waals surface area (Å²) in [7, 11) is 1.52. The largest absolute Gasteiger partial charge is 0.497 e. The Morgan fingerprint density at radius 1 is 1.10 bits per heavy atom. The van der Waals surface area contributed by atoms with Crippen molar-refractivity contribution in [3.05, 3.63) is 53.6 Å². The van der Waals surface area contributed by atoms with E-state index in [0.717, 1.165) is 0 Å². The fraction of sp³-hybridized carbons (Fsp3) is 0.0667. The van der Waals surface area contributed by atoms with E-state index in [2.05, 4.69) is 5.32 Å². The van der Waals surface area contributed by atoms with Gasteiger partial charge in [0.15, 0.2) is 0 Å². The Bertz CT molecular complexity index is 698. The number of anilines is 2. The highest BCUT2D eigenvalue weighted by Gasteiger charge is 2.11. The maximum Gasteiger partial charge on any atom is 0.255 e. The molecular formula is C15H15N3O3. The zero-order chi connectivity index (χ0) is 15.4. The van der Waals surface area contributed by atoms with Gasteiger partial charge in [0.1, 0.15) is 5.75 Å². The van der Waals surface area contributed by atoms with Crippen LogP contribution in [0.1, 0.15) is 20.7 Å². The Hall–Kier alpha value is -3.02. The highest BCUT2D eigenvalue weighted by molar-refractivity contribution is 6.07. The van der Waals surface area contributed by atoms with Gasteiger partial charge in [-0.1, -0.05) is 6.07 Å². The third-order valence-electron chi connectivity index (χ3n) is 2.92. The summed E-state index contributed by atoms with van der Waals surface area (Å²) < 4.78 is 5.08. The van der Waals surface area contributed by atoms with Crippen LogP contribution in [0.25, 0.3) is 0 Å². The summed E-state index contributed by atoms with van der Waals surface area (Å²) >= 11 is 0. The number of nitrogens with one attached hydrogen (secondary N) is 1. The summed E-state index contributed by atoms with van der Waals surface area (Å²) in [5, 5.41) is 2.67. The molecule has 0 aliphatic carbocycles. The van der Waals surface area contributed by atoms with Crippen LogP contribution in [0, 0.1) is 0 Å². The number of amides is 2. The summed E-state index contributed by atoms with van der Waals surface area (Å²) in [5.74, 6) is -0.408. The van der Waals surface area contributed by atoms with Crippen LogP contribution < -0.4 is 21.5 Å². The maximum atomic E-state index is 12.2. The van der Waals surface area contributed by atoms with Gasteiger partial charge in [0.25, 0.3) is 5.91 Å². The van der Waals surface area contributed by atoms with E-state index in [1.807, 2.05) is 0 Å². The minimum absolute atomic E-state index is 0.265. The van der Waals surface area contributed by atoms with Crippen LogP contribution in [-0.2, 0) is 0 Å². The zero-order valence-electron chi connectivity index (χ0n) is 11.4. The van der Waals surface area contributed by atoms with Gasteiger partial charge in [0.05, 0.1) is 18.5 Å². The molecule has 0 fully saturated rings. The quantitative estimate of drug-likeness (QED) is 0.742. The van der Waals surface area contributed by atoms with E-state index >= 15 is 0 Å². The second-order valence-electron chi connectivity index (χ2n) is 4.35. The van der Waals surface area contributed by atoms with Crippen molar-refractivity contribution >= 4 is 23.2 Å². The van der Waals surface area contributed by atoms with E-state index < -0.39 is 11.8 Å². The van der Waals surface area contributed by atoms with Crippen molar-refractivity contribution in [2.75, 3.05) is 18.2 Å². The van der Waals surface area contributed by atoms with Gasteiger partial charge in [0.2, 0.25) is 5.91 Å². The minimum Gasteiger partial charge on any atom is -0.497 e. The smallest absolute Gasteiger partial charge is 0.255 e. The first-order valence-electron chi connectivity index (χ1n) is 6.16. The predicted octanol–water partition coefficient (Wildman–Crippen LogP) is 1.63. The Morgan fingerprint density at radius 2 is 1.81 bits per heavy atom.